The molecule has 4 aliphatic rings. The third-order valence-electron chi connectivity index (χ3n) is 12.6. The molecular formula is C45H43ClN8O5S. The van der Waals surface area contributed by atoms with Crippen molar-refractivity contribution in [3.8, 4) is 28.7 Å². The van der Waals surface area contributed by atoms with Crippen LogP contribution in [-0.4, -0.2) is 81.7 Å². The number of aliphatic hydroxyl groups is 1. The lowest BCUT2D eigenvalue weighted by Gasteiger charge is -2.24. The Balaban J connectivity index is 0.908. The number of sulfonamides is 1. The molecule has 5 heterocycles. The van der Waals surface area contributed by atoms with Crippen LogP contribution < -0.4 is 10.0 Å². The molecule has 2 aliphatic heterocycles. The van der Waals surface area contributed by atoms with E-state index in [4.69, 9.17) is 26.0 Å². The van der Waals surface area contributed by atoms with E-state index in [0.29, 0.717) is 84.4 Å². The predicted molar refractivity (Wildman–Crippen MR) is 229 cm³/mol. The van der Waals surface area contributed by atoms with Crippen molar-refractivity contribution in [2.24, 2.45) is 5.92 Å². The van der Waals surface area contributed by atoms with Crippen LogP contribution in [0.3, 0.4) is 0 Å². The van der Waals surface area contributed by atoms with Gasteiger partial charge in [0.05, 0.1) is 28.0 Å². The maximum atomic E-state index is 13.0. The summed E-state index contributed by atoms with van der Waals surface area (Å²) in [5.74, 6) is 0.141. The number of anilines is 2. The quantitative estimate of drug-likeness (QED) is 0.127. The number of amides is 1. The fourth-order valence-electron chi connectivity index (χ4n) is 9.33. The van der Waals surface area contributed by atoms with Gasteiger partial charge >= 0.3 is 0 Å². The summed E-state index contributed by atoms with van der Waals surface area (Å²) in [4.78, 5) is 31.8. The number of rotatable bonds is 10. The molecule has 0 spiro atoms. The van der Waals surface area contributed by atoms with Crippen LogP contribution in [0.1, 0.15) is 66.0 Å². The van der Waals surface area contributed by atoms with Crippen molar-refractivity contribution in [3.05, 3.63) is 99.8 Å². The number of carbonyl (C=O) groups excluding carboxylic acids is 1. The van der Waals surface area contributed by atoms with Gasteiger partial charge in [-0.15, -0.1) is 0 Å². The van der Waals surface area contributed by atoms with Crippen molar-refractivity contribution < 1.29 is 22.7 Å². The van der Waals surface area contributed by atoms with Crippen molar-refractivity contribution in [1.82, 2.24) is 29.5 Å². The van der Waals surface area contributed by atoms with Crippen molar-refractivity contribution in [2.75, 3.05) is 31.5 Å². The van der Waals surface area contributed by atoms with Crippen LogP contribution in [0.2, 0.25) is 5.02 Å². The first-order valence-corrected chi connectivity index (χ1v) is 22.4. The van der Waals surface area contributed by atoms with Gasteiger partial charge in [-0.1, -0.05) is 35.9 Å². The number of halogens is 1. The Kier molecular flexibility index (Phi) is 9.84. The Morgan fingerprint density at radius 2 is 1.83 bits per heavy atom. The fraction of sp³-hybridized carbons (Fsp3) is 0.356. The largest absolute Gasteiger partial charge is 0.435 e. The summed E-state index contributed by atoms with van der Waals surface area (Å²) in [5, 5.41) is 24.8. The van der Waals surface area contributed by atoms with Gasteiger partial charge in [0.1, 0.15) is 22.7 Å². The number of hydrogen-bond donors (Lipinski definition) is 3. The molecule has 0 radical (unpaired) electrons. The number of β-amino-alcohol motifs (C(OH)–C–C–N with tert-alkyl or cyclic N) is 1. The number of hydrogen-bond acceptors (Lipinski definition) is 12. The molecule has 3 fully saturated rings. The predicted octanol–water partition coefficient (Wildman–Crippen LogP) is 7.17. The van der Waals surface area contributed by atoms with E-state index in [9.17, 15) is 23.6 Å². The first-order valence-electron chi connectivity index (χ1n) is 20.5. The lowest BCUT2D eigenvalue weighted by Crippen LogP contribution is -2.38. The van der Waals surface area contributed by atoms with E-state index in [2.05, 4.69) is 37.0 Å². The van der Waals surface area contributed by atoms with E-state index in [-0.39, 0.29) is 12.1 Å². The van der Waals surface area contributed by atoms with Crippen LogP contribution in [0, 0.1) is 24.2 Å². The second kappa shape index (κ2) is 15.2. The van der Waals surface area contributed by atoms with E-state index >= 15 is 0 Å². The number of fused-ring (bicyclic) bond motifs is 3. The number of aliphatic hydroxyl groups excluding tert-OH is 1. The Bertz CT molecular complexity index is 2870. The minimum Gasteiger partial charge on any atom is -0.435 e. The summed E-state index contributed by atoms with van der Waals surface area (Å²) in [6.45, 7) is 5.37. The van der Waals surface area contributed by atoms with Crippen LogP contribution in [-0.2, 0) is 27.8 Å². The zero-order chi connectivity index (χ0) is 41.3. The number of carbonyl (C=O) groups is 1. The molecule has 2 aliphatic carbocycles. The first kappa shape index (κ1) is 38.8. The van der Waals surface area contributed by atoms with Crippen molar-refractivity contribution in [2.45, 2.75) is 69.4 Å². The van der Waals surface area contributed by atoms with Crippen molar-refractivity contribution in [3.63, 3.8) is 0 Å². The van der Waals surface area contributed by atoms with Gasteiger partial charge in [0.15, 0.2) is 11.4 Å². The number of benzene rings is 3. The zero-order valence-corrected chi connectivity index (χ0v) is 34.6. The van der Waals surface area contributed by atoms with E-state index in [1.165, 1.54) is 0 Å². The van der Waals surface area contributed by atoms with E-state index < -0.39 is 27.1 Å². The molecule has 60 heavy (non-hydrogen) atoms. The minimum atomic E-state index is -3.60. The molecule has 2 saturated heterocycles. The normalized spacial score (nSPS) is 20.8. The molecule has 1 amide bonds. The minimum absolute atomic E-state index is 0.0180. The molecule has 1 saturated carbocycles. The second-order valence-electron chi connectivity index (χ2n) is 16.6. The number of oxazole rings is 1. The average molecular weight is 843 g/mol. The highest BCUT2D eigenvalue weighted by Gasteiger charge is 2.41. The Labute approximate surface area is 352 Å². The Morgan fingerprint density at radius 1 is 1.02 bits per heavy atom. The molecule has 3 aromatic heterocycles. The molecule has 3 atom stereocenters. The SMILES string of the molecule is Cc1c(-c2nc3cc4c(c(C#N)c3o2)CC[C@H]4N2CC[C@@H](C(=O)NS(=O)(=O)C3CC3)C2)cccc1-c1cccc(Nc2nccc3cc(CN4CC[C@@H](O)C4)cnc23)c1Cl. The molecule has 3 N–H and O–H groups in total. The molecule has 13 nitrogen and oxygen atoms in total. The molecule has 6 aromatic rings. The third kappa shape index (κ3) is 7.08. The van der Waals surface area contributed by atoms with Crippen LogP contribution in [0.15, 0.2) is 71.4 Å². The van der Waals surface area contributed by atoms with Crippen LogP contribution in [0.4, 0.5) is 11.5 Å². The molecular weight excluding hydrogens is 800 g/mol. The van der Waals surface area contributed by atoms with Gasteiger partial charge in [0.25, 0.3) is 0 Å². The summed E-state index contributed by atoms with van der Waals surface area (Å²) in [6, 6.07) is 20.2. The molecule has 0 bridgehead atoms. The molecule has 306 valence electrons. The van der Waals surface area contributed by atoms with Gasteiger partial charge < -0.3 is 14.8 Å². The van der Waals surface area contributed by atoms with Crippen molar-refractivity contribution in [1.29, 1.82) is 5.26 Å². The van der Waals surface area contributed by atoms with Crippen LogP contribution >= 0.6 is 11.6 Å². The number of nitriles is 1. The topological polar surface area (TPSA) is 178 Å². The van der Waals surface area contributed by atoms with E-state index in [0.717, 1.165) is 75.8 Å². The Morgan fingerprint density at radius 3 is 2.63 bits per heavy atom. The maximum absolute atomic E-state index is 13.0. The molecule has 15 heteroatoms. The summed E-state index contributed by atoms with van der Waals surface area (Å²) in [5.41, 5.74) is 9.29. The Hall–Kier alpha value is -5.43. The van der Waals surface area contributed by atoms with Gasteiger partial charge in [-0.2, -0.15) is 5.26 Å². The molecule has 0 unspecified atom stereocenters. The summed E-state index contributed by atoms with van der Waals surface area (Å²) >= 11 is 7.18. The van der Waals surface area contributed by atoms with Crippen molar-refractivity contribution >= 4 is 61.0 Å². The van der Waals surface area contributed by atoms with E-state index in [1.54, 1.807) is 6.20 Å². The number of nitrogens with one attached hydrogen (secondary N) is 2. The number of aromatic nitrogens is 3. The van der Waals surface area contributed by atoms with Gasteiger partial charge in [-0.3, -0.25) is 24.3 Å². The standard InChI is InChI=1S/C45H43ClN8O5S/c1-25-31(34-6-3-7-37(40(34)46)50-43-41-27(12-15-48-43)18-26(21-49-41)22-53-16-14-29(55)24-53)4-2-5-32(25)45-51-38-19-35-33(36(20-47)42(38)59-45)10-11-39(35)54-17-13-28(23-54)44(56)52-60(57,58)30-8-9-30/h2-7,12,15,18-19,21,28-30,39,55H,8-11,13-14,16-17,22-24H2,1H3,(H,48,50)(H,52,56)/t28-,29-,39-/m1/s1. The molecule has 3 aromatic carbocycles. The van der Waals surface area contributed by atoms with E-state index in [1.807, 2.05) is 61.7 Å². The number of likely N-dealkylation sites (tertiary alicyclic amines) is 2. The molecule has 10 rings (SSSR count). The number of pyridine rings is 2. The van der Waals surface area contributed by atoms with Crippen LogP contribution in [0.25, 0.3) is 44.6 Å². The average Bonchev–Trinajstić information content (AvgIpc) is 3.50. The smallest absolute Gasteiger partial charge is 0.237 e. The van der Waals surface area contributed by atoms with Gasteiger partial charge in [-0.25, -0.2) is 18.4 Å². The number of nitrogens with zero attached hydrogens (tertiary/aromatic N) is 6. The van der Waals surface area contributed by atoms with Gasteiger partial charge in [0, 0.05) is 61.1 Å². The van der Waals surface area contributed by atoms with Gasteiger partial charge in [0.2, 0.25) is 21.8 Å². The lowest BCUT2D eigenvalue weighted by molar-refractivity contribution is -0.122. The summed E-state index contributed by atoms with van der Waals surface area (Å²) in [6.07, 6.45) is 7.37. The summed E-state index contributed by atoms with van der Waals surface area (Å²) in [7, 11) is -3.60. The maximum Gasteiger partial charge on any atom is 0.237 e. The monoisotopic (exact) mass is 842 g/mol. The summed E-state index contributed by atoms with van der Waals surface area (Å²) < 4.78 is 33.6. The first-order chi connectivity index (χ1) is 29.0. The highest BCUT2D eigenvalue weighted by Crippen LogP contribution is 2.45. The highest BCUT2D eigenvalue weighted by molar-refractivity contribution is 7.90. The van der Waals surface area contributed by atoms with Crippen LogP contribution in [0.5, 0.6) is 0 Å². The lowest BCUT2D eigenvalue weighted by atomic mass is 9.96. The fourth-order valence-corrected chi connectivity index (χ4v) is 11.0. The zero-order valence-electron chi connectivity index (χ0n) is 33.0. The highest BCUT2D eigenvalue weighted by atomic mass is 35.5. The third-order valence-corrected chi connectivity index (χ3v) is 14.9. The second-order valence-corrected chi connectivity index (χ2v) is 18.9. The van der Waals surface area contributed by atoms with Gasteiger partial charge in [-0.05, 0) is 110 Å².